The highest BCUT2D eigenvalue weighted by molar-refractivity contribution is 5.33. The average molecular weight is 298 g/mol. The Balaban J connectivity index is 1.75. The molecule has 2 aromatic rings. The van der Waals surface area contributed by atoms with Crippen molar-refractivity contribution in [1.82, 2.24) is 14.7 Å². The highest BCUT2D eigenvalue weighted by atomic mass is 16.3. The normalized spacial score (nSPS) is 14.5. The molecule has 0 saturated carbocycles. The topological polar surface area (TPSA) is 85.1 Å². The number of aliphatic hydroxyl groups excluding tert-OH is 1. The molecule has 0 amide bonds. The molecular weight excluding hydrogens is 280 g/mol. The van der Waals surface area contributed by atoms with Gasteiger partial charge >= 0.3 is 0 Å². The summed E-state index contributed by atoms with van der Waals surface area (Å²) in [6.07, 6.45) is 0.709. The van der Waals surface area contributed by atoms with Crippen molar-refractivity contribution < 1.29 is 5.11 Å². The molecule has 22 heavy (non-hydrogen) atoms. The molecule has 0 radical (unpaired) electrons. The number of nitrogens with one attached hydrogen (secondary N) is 1. The molecule has 3 rings (SSSR count). The molecule has 1 aromatic heterocycles. The fourth-order valence-corrected chi connectivity index (χ4v) is 2.92. The van der Waals surface area contributed by atoms with Crippen molar-refractivity contribution in [3.8, 4) is 6.07 Å². The van der Waals surface area contributed by atoms with Gasteiger partial charge in [-0.05, 0) is 24.1 Å². The Morgan fingerprint density at radius 1 is 1.41 bits per heavy atom. The number of nitriles is 1. The fraction of sp³-hybridized carbons (Fsp3) is 0.375. The molecule has 1 aromatic carbocycles. The van der Waals surface area contributed by atoms with Crippen LogP contribution >= 0.6 is 0 Å². The molecule has 114 valence electrons. The molecule has 0 aliphatic carbocycles. The summed E-state index contributed by atoms with van der Waals surface area (Å²) >= 11 is 0. The van der Waals surface area contributed by atoms with Gasteiger partial charge in [-0.25, -0.2) is 0 Å². The zero-order valence-corrected chi connectivity index (χ0v) is 12.2. The van der Waals surface area contributed by atoms with Gasteiger partial charge in [-0.1, -0.05) is 12.1 Å². The van der Waals surface area contributed by atoms with Crippen LogP contribution in [0.25, 0.3) is 0 Å². The van der Waals surface area contributed by atoms with Gasteiger partial charge in [0.2, 0.25) is 0 Å². The Kier molecular flexibility index (Phi) is 4.09. The molecule has 0 unspecified atom stereocenters. The number of rotatable bonds is 4. The molecule has 2 heterocycles. The van der Waals surface area contributed by atoms with E-state index in [4.69, 9.17) is 10.4 Å². The van der Waals surface area contributed by atoms with E-state index < -0.39 is 0 Å². The van der Waals surface area contributed by atoms with E-state index in [-0.39, 0.29) is 12.2 Å². The van der Waals surface area contributed by atoms with Crippen molar-refractivity contribution in [1.29, 1.82) is 5.26 Å². The molecule has 0 atom stereocenters. The van der Waals surface area contributed by atoms with Crippen LogP contribution in [-0.2, 0) is 26.1 Å². The Morgan fingerprint density at radius 2 is 2.27 bits per heavy atom. The van der Waals surface area contributed by atoms with Crippen LogP contribution in [0.2, 0.25) is 0 Å². The standard InChI is InChI=1S/C16H18N4O2/c17-9-12-2-1-3-13(8-12)10-19-5-4-14-15(11-19)18-20(6-7-21)16(14)22/h1-3,8,18,21H,4-7,10-11H2. The number of hydrogen-bond donors (Lipinski definition) is 2. The van der Waals surface area contributed by atoms with Crippen LogP contribution in [0.1, 0.15) is 22.4 Å². The lowest BCUT2D eigenvalue weighted by molar-refractivity contribution is 0.240. The molecule has 2 N–H and O–H groups in total. The van der Waals surface area contributed by atoms with E-state index >= 15 is 0 Å². The molecule has 0 bridgehead atoms. The molecule has 6 nitrogen and oxygen atoms in total. The fourth-order valence-electron chi connectivity index (χ4n) is 2.92. The third-order valence-electron chi connectivity index (χ3n) is 3.98. The van der Waals surface area contributed by atoms with Gasteiger partial charge in [0.1, 0.15) is 0 Å². The largest absolute Gasteiger partial charge is 0.394 e. The average Bonchev–Trinajstić information content (AvgIpc) is 2.84. The second-order valence-electron chi connectivity index (χ2n) is 5.52. The highest BCUT2D eigenvalue weighted by Crippen LogP contribution is 2.17. The second kappa shape index (κ2) is 6.18. The van der Waals surface area contributed by atoms with E-state index in [1.807, 2.05) is 18.2 Å². The first-order chi connectivity index (χ1) is 10.7. The van der Waals surface area contributed by atoms with Crippen LogP contribution in [0.3, 0.4) is 0 Å². The lowest BCUT2D eigenvalue weighted by atomic mass is 10.1. The number of fused-ring (bicyclic) bond motifs is 1. The minimum atomic E-state index is -0.0516. The van der Waals surface area contributed by atoms with Crippen LogP contribution in [0, 0.1) is 11.3 Å². The molecule has 1 aliphatic rings. The van der Waals surface area contributed by atoms with E-state index in [2.05, 4.69) is 16.1 Å². The van der Waals surface area contributed by atoms with Gasteiger partial charge in [0.25, 0.3) is 5.56 Å². The minimum absolute atomic E-state index is 0.0184. The van der Waals surface area contributed by atoms with E-state index in [1.165, 1.54) is 4.68 Å². The lowest BCUT2D eigenvalue weighted by Crippen LogP contribution is -2.31. The van der Waals surface area contributed by atoms with Gasteiger partial charge in [0.05, 0.1) is 30.5 Å². The van der Waals surface area contributed by atoms with Gasteiger partial charge in [-0.15, -0.1) is 0 Å². The molecule has 0 spiro atoms. The molecular formula is C16H18N4O2. The maximum Gasteiger partial charge on any atom is 0.270 e. The maximum absolute atomic E-state index is 12.1. The third kappa shape index (κ3) is 2.82. The predicted octanol–water partition coefficient (Wildman–Crippen LogP) is 0.599. The predicted molar refractivity (Wildman–Crippen MR) is 81.1 cm³/mol. The summed E-state index contributed by atoms with van der Waals surface area (Å²) in [5, 5.41) is 21.0. The summed E-state index contributed by atoms with van der Waals surface area (Å²) in [5.41, 5.74) is 3.50. The number of H-pyrrole nitrogens is 1. The maximum atomic E-state index is 12.1. The van der Waals surface area contributed by atoms with Crippen LogP contribution in [0.15, 0.2) is 29.1 Å². The molecule has 0 saturated heterocycles. The van der Waals surface area contributed by atoms with E-state index in [9.17, 15) is 4.79 Å². The summed E-state index contributed by atoms with van der Waals surface area (Å²) in [7, 11) is 0. The van der Waals surface area contributed by atoms with Gasteiger partial charge in [0, 0.05) is 25.2 Å². The Labute approximate surface area is 128 Å². The number of hydrogen-bond acceptors (Lipinski definition) is 4. The van der Waals surface area contributed by atoms with Crippen LogP contribution in [-0.4, -0.2) is 32.9 Å². The van der Waals surface area contributed by atoms with Crippen molar-refractivity contribution in [3.63, 3.8) is 0 Å². The first kappa shape index (κ1) is 14.6. The lowest BCUT2D eigenvalue weighted by Gasteiger charge is -2.26. The van der Waals surface area contributed by atoms with Gasteiger partial charge in [-0.3, -0.25) is 19.5 Å². The van der Waals surface area contributed by atoms with Gasteiger partial charge < -0.3 is 5.11 Å². The SMILES string of the molecule is N#Cc1cccc(CN2CCc3c([nH]n(CCO)c3=O)C2)c1. The summed E-state index contributed by atoms with van der Waals surface area (Å²) in [6.45, 7) is 2.50. The Bertz CT molecular complexity index is 769. The molecule has 6 heteroatoms. The van der Waals surface area contributed by atoms with Gasteiger partial charge in [-0.2, -0.15) is 5.26 Å². The van der Waals surface area contributed by atoms with Crippen molar-refractivity contribution in [3.05, 3.63) is 57.0 Å². The number of aliphatic hydroxyl groups is 1. The summed E-state index contributed by atoms with van der Waals surface area (Å²) in [6, 6.07) is 9.75. The van der Waals surface area contributed by atoms with E-state index in [0.29, 0.717) is 25.1 Å². The highest BCUT2D eigenvalue weighted by Gasteiger charge is 2.22. The number of benzene rings is 1. The third-order valence-corrected chi connectivity index (χ3v) is 3.98. The Morgan fingerprint density at radius 3 is 3.05 bits per heavy atom. The number of aromatic nitrogens is 2. The number of aromatic amines is 1. The van der Waals surface area contributed by atoms with Gasteiger partial charge in [0.15, 0.2) is 0 Å². The minimum Gasteiger partial charge on any atom is -0.394 e. The van der Waals surface area contributed by atoms with E-state index in [1.54, 1.807) is 6.07 Å². The van der Waals surface area contributed by atoms with Crippen LogP contribution < -0.4 is 5.56 Å². The zero-order chi connectivity index (χ0) is 15.5. The van der Waals surface area contributed by atoms with Crippen molar-refractivity contribution in [2.45, 2.75) is 26.1 Å². The molecule has 1 aliphatic heterocycles. The van der Waals surface area contributed by atoms with Crippen LogP contribution in [0.5, 0.6) is 0 Å². The van der Waals surface area contributed by atoms with Crippen molar-refractivity contribution >= 4 is 0 Å². The summed E-state index contributed by atoms with van der Waals surface area (Å²) < 4.78 is 1.48. The van der Waals surface area contributed by atoms with Crippen molar-refractivity contribution in [2.24, 2.45) is 0 Å². The monoisotopic (exact) mass is 298 g/mol. The Hall–Kier alpha value is -2.36. The smallest absolute Gasteiger partial charge is 0.270 e. The van der Waals surface area contributed by atoms with Crippen LogP contribution in [0.4, 0.5) is 0 Å². The summed E-state index contributed by atoms with van der Waals surface area (Å²) in [5.74, 6) is 0. The summed E-state index contributed by atoms with van der Waals surface area (Å²) in [4.78, 5) is 14.4. The van der Waals surface area contributed by atoms with Crippen molar-refractivity contribution in [2.75, 3.05) is 13.2 Å². The zero-order valence-electron chi connectivity index (χ0n) is 12.2. The molecule has 0 fully saturated rings. The number of nitrogens with zero attached hydrogens (tertiary/aromatic N) is 3. The first-order valence-electron chi connectivity index (χ1n) is 7.34. The second-order valence-corrected chi connectivity index (χ2v) is 5.52. The first-order valence-corrected chi connectivity index (χ1v) is 7.34. The quantitative estimate of drug-likeness (QED) is 0.865. The van der Waals surface area contributed by atoms with E-state index in [0.717, 1.165) is 29.9 Å².